The molecule has 1 unspecified atom stereocenters. The minimum absolute atomic E-state index is 0.285. The molecular weight excluding hydrogens is 192 g/mol. The average molecular weight is 208 g/mol. The number of carboxylic acid groups (broad SMARTS) is 1. The van der Waals surface area contributed by atoms with Gasteiger partial charge in [0.1, 0.15) is 5.75 Å². The predicted octanol–water partition coefficient (Wildman–Crippen LogP) is 2.35. The molecule has 82 valence electrons. The maximum absolute atomic E-state index is 10.6. The lowest BCUT2D eigenvalue weighted by atomic mass is 10.0. The first-order chi connectivity index (χ1) is 7.13. The van der Waals surface area contributed by atoms with Crippen molar-refractivity contribution in [3.63, 3.8) is 0 Å². The second kappa shape index (κ2) is 5.39. The van der Waals surface area contributed by atoms with Crippen LogP contribution >= 0.6 is 0 Å². The van der Waals surface area contributed by atoms with Gasteiger partial charge in [-0.05, 0) is 30.5 Å². The van der Waals surface area contributed by atoms with Crippen molar-refractivity contribution in [1.29, 1.82) is 0 Å². The molecule has 1 rings (SSSR count). The van der Waals surface area contributed by atoms with Crippen LogP contribution < -0.4 is 4.74 Å². The van der Waals surface area contributed by atoms with Crippen LogP contribution in [0.15, 0.2) is 24.3 Å². The van der Waals surface area contributed by atoms with Crippen LogP contribution in [0.2, 0.25) is 0 Å². The lowest BCUT2D eigenvalue weighted by Gasteiger charge is -2.06. The highest BCUT2D eigenvalue weighted by atomic mass is 16.5. The summed E-state index contributed by atoms with van der Waals surface area (Å²) >= 11 is 0. The maximum atomic E-state index is 10.6. The maximum Gasteiger partial charge on any atom is 0.306 e. The Morgan fingerprint density at radius 3 is 2.47 bits per heavy atom. The fraction of sp³-hybridized carbons (Fsp3) is 0.417. The molecule has 0 heterocycles. The summed E-state index contributed by atoms with van der Waals surface area (Å²) in [6.45, 7) is 1.73. The van der Waals surface area contributed by atoms with Crippen LogP contribution in [0.1, 0.15) is 18.9 Å². The molecule has 0 aliphatic carbocycles. The Morgan fingerprint density at radius 2 is 2.00 bits per heavy atom. The van der Waals surface area contributed by atoms with E-state index < -0.39 is 5.97 Å². The number of hydrogen-bond acceptors (Lipinski definition) is 2. The van der Waals surface area contributed by atoms with Gasteiger partial charge in [-0.1, -0.05) is 19.1 Å². The normalized spacial score (nSPS) is 12.1. The number of ether oxygens (including phenoxy) is 1. The van der Waals surface area contributed by atoms with E-state index in [1.54, 1.807) is 14.0 Å². The van der Waals surface area contributed by atoms with E-state index in [9.17, 15) is 4.79 Å². The van der Waals surface area contributed by atoms with E-state index in [1.807, 2.05) is 24.3 Å². The minimum atomic E-state index is -0.733. The molecule has 1 N–H and O–H groups in total. The molecule has 0 spiro atoms. The van der Waals surface area contributed by atoms with Crippen LogP contribution in [-0.4, -0.2) is 18.2 Å². The highest BCUT2D eigenvalue weighted by molar-refractivity contribution is 5.69. The van der Waals surface area contributed by atoms with Crippen LogP contribution in [0.3, 0.4) is 0 Å². The van der Waals surface area contributed by atoms with Crippen molar-refractivity contribution >= 4 is 5.97 Å². The van der Waals surface area contributed by atoms with Gasteiger partial charge in [0.2, 0.25) is 0 Å². The molecule has 1 aromatic carbocycles. The zero-order chi connectivity index (χ0) is 11.3. The average Bonchev–Trinajstić information content (AvgIpc) is 2.26. The SMILES string of the molecule is COc1ccc(CCC(C)C(=O)O)cc1. The zero-order valence-electron chi connectivity index (χ0n) is 9.06. The Kier molecular flexibility index (Phi) is 4.16. The van der Waals surface area contributed by atoms with E-state index >= 15 is 0 Å². The predicted molar refractivity (Wildman–Crippen MR) is 58.1 cm³/mol. The van der Waals surface area contributed by atoms with E-state index in [1.165, 1.54) is 0 Å². The van der Waals surface area contributed by atoms with Crippen molar-refractivity contribution in [3.05, 3.63) is 29.8 Å². The molecule has 0 aliphatic heterocycles. The summed E-state index contributed by atoms with van der Waals surface area (Å²) in [5.41, 5.74) is 1.14. The summed E-state index contributed by atoms with van der Waals surface area (Å²) in [5, 5.41) is 8.72. The summed E-state index contributed by atoms with van der Waals surface area (Å²) in [6, 6.07) is 7.71. The number of carboxylic acids is 1. The fourth-order valence-electron chi connectivity index (χ4n) is 1.30. The number of aliphatic carboxylic acids is 1. The van der Waals surface area contributed by atoms with Crippen LogP contribution in [0.25, 0.3) is 0 Å². The van der Waals surface area contributed by atoms with Crippen molar-refractivity contribution < 1.29 is 14.6 Å². The standard InChI is InChI=1S/C12H16O3/c1-9(12(13)14)3-4-10-5-7-11(15-2)8-6-10/h5-9H,3-4H2,1-2H3,(H,13,14). The number of benzene rings is 1. The van der Waals surface area contributed by atoms with Gasteiger partial charge in [-0.3, -0.25) is 4.79 Å². The second-order valence-corrected chi connectivity index (χ2v) is 3.63. The third-order valence-corrected chi connectivity index (χ3v) is 2.45. The van der Waals surface area contributed by atoms with Crippen molar-refractivity contribution in [2.45, 2.75) is 19.8 Å². The molecule has 3 heteroatoms. The van der Waals surface area contributed by atoms with Gasteiger partial charge in [-0.15, -0.1) is 0 Å². The van der Waals surface area contributed by atoms with Crippen LogP contribution in [0.4, 0.5) is 0 Å². The Labute approximate surface area is 89.7 Å². The highest BCUT2D eigenvalue weighted by Gasteiger charge is 2.10. The smallest absolute Gasteiger partial charge is 0.306 e. The van der Waals surface area contributed by atoms with E-state index in [0.29, 0.717) is 6.42 Å². The van der Waals surface area contributed by atoms with Crippen molar-refractivity contribution in [2.24, 2.45) is 5.92 Å². The van der Waals surface area contributed by atoms with E-state index in [-0.39, 0.29) is 5.92 Å². The van der Waals surface area contributed by atoms with Crippen molar-refractivity contribution in [1.82, 2.24) is 0 Å². The van der Waals surface area contributed by atoms with Gasteiger partial charge >= 0.3 is 5.97 Å². The number of hydrogen-bond donors (Lipinski definition) is 1. The van der Waals surface area contributed by atoms with Crippen LogP contribution in [-0.2, 0) is 11.2 Å². The molecule has 0 saturated heterocycles. The van der Waals surface area contributed by atoms with Gasteiger partial charge in [0, 0.05) is 0 Å². The van der Waals surface area contributed by atoms with E-state index in [0.717, 1.165) is 17.7 Å². The molecular formula is C12H16O3. The molecule has 1 aromatic rings. The van der Waals surface area contributed by atoms with Crippen LogP contribution in [0.5, 0.6) is 5.75 Å². The summed E-state index contributed by atoms with van der Waals surface area (Å²) < 4.78 is 5.04. The third-order valence-electron chi connectivity index (χ3n) is 2.45. The number of carbonyl (C=O) groups is 1. The minimum Gasteiger partial charge on any atom is -0.497 e. The Morgan fingerprint density at radius 1 is 1.40 bits per heavy atom. The molecule has 0 radical (unpaired) electrons. The lowest BCUT2D eigenvalue weighted by Crippen LogP contribution is -2.10. The van der Waals surface area contributed by atoms with E-state index in [2.05, 4.69) is 0 Å². The molecule has 0 aromatic heterocycles. The van der Waals surface area contributed by atoms with E-state index in [4.69, 9.17) is 9.84 Å². The monoisotopic (exact) mass is 208 g/mol. The molecule has 0 saturated carbocycles. The van der Waals surface area contributed by atoms with Gasteiger partial charge in [-0.2, -0.15) is 0 Å². The molecule has 15 heavy (non-hydrogen) atoms. The van der Waals surface area contributed by atoms with Crippen LogP contribution in [0, 0.1) is 5.92 Å². The second-order valence-electron chi connectivity index (χ2n) is 3.63. The lowest BCUT2D eigenvalue weighted by molar-refractivity contribution is -0.141. The molecule has 3 nitrogen and oxygen atoms in total. The molecule has 0 fully saturated rings. The Balaban J connectivity index is 2.47. The van der Waals surface area contributed by atoms with Gasteiger partial charge in [0.15, 0.2) is 0 Å². The van der Waals surface area contributed by atoms with Gasteiger partial charge in [0.05, 0.1) is 13.0 Å². The van der Waals surface area contributed by atoms with Gasteiger partial charge in [0.25, 0.3) is 0 Å². The summed E-state index contributed by atoms with van der Waals surface area (Å²) in [5.74, 6) is -0.194. The molecule has 0 bridgehead atoms. The molecule has 0 aliphatic rings. The fourth-order valence-corrected chi connectivity index (χ4v) is 1.30. The largest absolute Gasteiger partial charge is 0.497 e. The number of rotatable bonds is 5. The summed E-state index contributed by atoms with van der Waals surface area (Å²) in [4.78, 5) is 10.6. The quantitative estimate of drug-likeness (QED) is 0.807. The summed E-state index contributed by atoms with van der Waals surface area (Å²) in [6.07, 6.45) is 1.46. The topological polar surface area (TPSA) is 46.5 Å². The van der Waals surface area contributed by atoms with Gasteiger partial charge < -0.3 is 9.84 Å². The highest BCUT2D eigenvalue weighted by Crippen LogP contribution is 2.14. The molecule has 0 amide bonds. The number of aryl methyl sites for hydroxylation is 1. The summed E-state index contributed by atoms with van der Waals surface area (Å²) in [7, 11) is 1.63. The first kappa shape index (κ1) is 11.6. The first-order valence-electron chi connectivity index (χ1n) is 4.99. The van der Waals surface area contributed by atoms with Gasteiger partial charge in [-0.25, -0.2) is 0 Å². The van der Waals surface area contributed by atoms with Crippen molar-refractivity contribution in [2.75, 3.05) is 7.11 Å². The van der Waals surface area contributed by atoms with Crippen molar-refractivity contribution in [3.8, 4) is 5.75 Å². The Bertz CT molecular complexity index is 316. The zero-order valence-corrected chi connectivity index (χ0v) is 9.06. The third kappa shape index (κ3) is 3.62. The Hall–Kier alpha value is -1.51. The first-order valence-corrected chi connectivity index (χ1v) is 4.99. The molecule has 1 atom stereocenters. The number of methoxy groups -OCH3 is 1.